The number of carbonyl (C=O) groups is 1. The molecule has 8 heteroatoms. The molecule has 1 aromatic carbocycles. The second-order valence-electron chi connectivity index (χ2n) is 6.39. The minimum Gasteiger partial charge on any atom is -0.385 e. The van der Waals surface area contributed by atoms with E-state index in [2.05, 4.69) is 15.0 Å². The first kappa shape index (κ1) is 16.5. The van der Waals surface area contributed by atoms with E-state index in [0.29, 0.717) is 12.8 Å². The molecule has 1 aromatic heterocycles. The van der Waals surface area contributed by atoms with Crippen LogP contribution in [0.1, 0.15) is 41.3 Å². The molecule has 2 heterocycles. The van der Waals surface area contributed by atoms with Gasteiger partial charge in [0, 0.05) is 17.1 Å². The summed E-state index contributed by atoms with van der Waals surface area (Å²) in [7, 11) is -3.90. The van der Waals surface area contributed by atoms with Crippen molar-refractivity contribution in [3.05, 3.63) is 39.8 Å². The van der Waals surface area contributed by atoms with Gasteiger partial charge in [-0.1, -0.05) is 6.07 Å². The Labute approximate surface area is 150 Å². The zero-order chi connectivity index (χ0) is 17.4. The summed E-state index contributed by atoms with van der Waals surface area (Å²) in [4.78, 5) is 18.2. The fourth-order valence-electron chi connectivity index (χ4n) is 3.60. The van der Waals surface area contributed by atoms with E-state index in [9.17, 15) is 13.2 Å². The molecular weight excluding hydrogens is 358 g/mol. The maximum absolute atomic E-state index is 12.8. The SMILES string of the molecule is O=C(NS(=O)(=O)c1cccc2c1CCCN2)C1CCCc2scnc21. The molecule has 4 rings (SSSR count). The lowest BCUT2D eigenvalue weighted by Gasteiger charge is -2.23. The summed E-state index contributed by atoms with van der Waals surface area (Å²) in [5.74, 6) is -0.962. The Morgan fingerprint density at radius 3 is 3.04 bits per heavy atom. The minimum absolute atomic E-state index is 0.194. The predicted molar refractivity (Wildman–Crippen MR) is 96.4 cm³/mol. The molecule has 0 fully saturated rings. The van der Waals surface area contributed by atoms with Gasteiger partial charge in [-0.05, 0) is 49.8 Å². The number of hydrogen-bond acceptors (Lipinski definition) is 6. The molecule has 1 aliphatic heterocycles. The van der Waals surface area contributed by atoms with Crippen molar-refractivity contribution in [2.75, 3.05) is 11.9 Å². The Morgan fingerprint density at radius 1 is 1.28 bits per heavy atom. The van der Waals surface area contributed by atoms with E-state index in [4.69, 9.17) is 0 Å². The highest BCUT2D eigenvalue weighted by atomic mass is 32.2. The maximum Gasteiger partial charge on any atom is 0.264 e. The van der Waals surface area contributed by atoms with Crippen LogP contribution in [0.4, 0.5) is 5.69 Å². The quantitative estimate of drug-likeness (QED) is 0.858. The molecule has 0 saturated heterocycles. The van der Waals surface area contributed by atoms with Crippen molar-refractivity contribution < 1.29 is 13.2 Å². The Kier molecular flexibility index (Phi) is 4.24. The minimum atomic E-state index is -3.90. The van der Waals surface area contributed by atoms with Gasteiger partial charge in [-0.15, -0.1) is 11.3 Å². The first-order chi connectivity index (χ1) is 12.1. The highest BCUT2D eigenvalue weighted by Crippen LogP contribution is 2.34. The van der Waals surface area contributed by atoms with Crippen molar-refractivity contribution in [2.24, 2.45) is 0 Å². The van der Waals surface area contributed by atoms with Crippen molar-refractivity contribution in [1.82, 2.24) is 9.71 Å². The number of sulfonamides is 1. The van der Waals surface area contributed by atoms with Gasteiger partial charge in [-0.2, -0.15) is 0 Å². The third kappa shape index (κ3) is 3.04. The second kappa shape index (κ2) is 6.42. The first-order valence-corrected chi connectivity index (χ1v) is 10.8. The lowest BCUT2D eigenvalue weighted by Crippen LogP contribution is -2.36. The summed E-state index contributed by atoms with van der Waals surface area (Å²) in [6.45, 7) is 0.831. The molecule has 2 N–H and O–H groups in total. The van der Waals surface area contributed by atoms with Crippen molar-refractivity contribution in [3.63, 3.8) is 0 Å². The van der Waals surface area contributed by atoms with Crippen LogP contribution in [0.2, 0.25) is 0 Å². The smallest absolute Gasteiger partial charge is 0.264 e. The standard InChI is InChI=1S/C17H19N3O3S2/c21-17(12-4-1-7-14-16(12)19-10-24-14)20-25(22,23)15-8-2-6-13-11(15)5-3-9-18-13/h2,6,8,10,12,18H,1,3-5,7,9H2,(H,20,21). The Bertz CT molecular complexity index is 921. The number of hydrogen-bond donors (Lipinski definition) is 2. The van der Waals surface area contributed by atoms with E-state index in [0.717, 1.165) is 47.6 Å². The van der Waals surface area contributed by atoms with E-state index < -0.39 is 21.8 Å². The molecule has 1 unspecified atom stereocenters. The third-order valence-electron chi connectivity index (χ3n) is 4.79. The van der Waals surface area contributed by atoms with E-state index in [1.807, 2.05) is 6.07 Å². The Hall–Kier alpha value is -1.93. The molecule has 0 bridgehead atoms. The number of nitrogens with zero attached hydrogens (tertiary/aromatic N) is 1. The molecule has 6 nitrogen and oxygen atoms in total. The Morgan fingerprint density at radius 2 is 2.16 bits per heavy atom. The van der Waals surface area contributed by atoms with Gasteiger partial charge in [0.1, 0.15) is 0 Å². The van der Waals surface area contributed by atoms with E-state index >= 15 is 0 Å². The van der Waals surface area contributed by atoms with Gasteiger partial charge in [-0.3, -0.25) is 4.79 Å². The van der Waals surface area contributed by atoms with Gasteiger partial charge in [0.15, 0.2) is 0 Å². The topological polar surface area (TPSA) is 88.2 Å². The molecule has 2 aliphatic rings. The van der Waals surface area contributed by atoms with Crippen LogP contribution < -0.4 is 10.0 Å². The summed E-state index contributed by atoms with van der Waals surface area (Å²) in [5, 5.41) is 3.22. The molecule has 1 atom stereocenters. The number of nitrogens with one attached hydrogen (secondary N) is 2. The van der Waals surface area contributed by atoms with Crippen LogP contribution >= 0.6 is 11.3 Å². The van der Waals surface area contributed by atoms with E-state index in [-0.39, 0.29) is 4.90 Å². The van der Waals surface area contributed by atoms with Gasteiger partial charge in [0.05, 0.1) is 22.0 Å². The number of amides is 1. The first-order valence-electron chi connectivity index (χ1n) is 8.41. The lowest BCUT2D eigenvalue weighted by atomic mass is 9.91. The number of fused-ring (bicyclic) bond motifs is 2. The number of thiazole rings is 1. The Balaban J connectivity index is 1.62. The van der Waals surface area contributed by atoms with E-state index in [1.54, 1.807) is 17.6 Å². The number of benzene rings is 1. The highest BCUT2D eigenvalue weighted by molar-refractivity contribution is 7.90. The molecule has 25 heavy (non-hydrogen) atoms. The van der Waals surface area contributed by atoms with Gasteiger partial charge in [0.25, 0.3) is 10.0 Å². The van der Waals surface area contributed by atoms with Crippen LogP contribution in [0.5, 0.6) is 0 Å². The van der Waals surface area contributed by atoms with Crippen LogP contribution in [0.25, 0.3) is 0 Å². The summed E-state index contributed by atoms with van der Waals surface area (Å²) in [6.07, 6.45) is 3.98. The van der Waals surface area contributed by atoms with E-state index in [1.165, 1.54) is 11.3 Å². The maximum atomic E-state index is 12.8. The molecule has 2 aromatic rings. The highest BCUT2D eigenvalue weighted by Gasteiger charge is 2.32. The predicted octanol–water partition coefficient (Wildman–Crippen LogP) is 2.43. The van der Waals surface area contributed by atoms with Crippen molar-refractivity contribution in [3.8, 4) is 0 Å². The zero-order valence-corrected chi connectivity index (χ0v) is 15.3. The van der Waals surface area contributed by atoms with Gasteiger partial charge in [0.2, 0.25) is 5.91 Å². The van der Waals surface area contributed by atoms with Crippen LogP contribution in [-0.4, -0.2) is 25.9 Å². The molecule has 0 spiro atoms. The fourth-order valence-corrected chi connectivity index (χ4v) is 5.78. The van der Waals surface area contributed by atoms with Crippen LogP contribution in [0.15, 0.2) is 28.6 Å². The third-order valence-corrected chi connectivity index (χ3v) is 7.13. The van der Waals surface area contributed by atoms with Crippen LogP contribution in [-0.2, 0) is 27.7 Å². The van der Waals surface area contributed by atoms with Gasteiger partial charge < -0.3 is 5.32 Å². The summed E-state index contributed by atoms with van der Waals surface area (Å²) < 4.78 is 28.0. The fraction of sp³-hybridized carbons (Fsp3) is 0.412. The number of carbonyl (C=O) groups excluding carboxylic acids is 1. The molecular formula is C17H19N3O3S2. The van der Waals surface area contributed by atoms with Crippen molar-refractivity contribution in [2.45, 2.75) is 42.9 Å². The molecule has 0 saturated carbocycles. The molecule has 1 aliphatic carbocycles. The molecule has 0 radical (unpaired) electrons. The largest absolute Gasteiger partial charge is 0.385 e. The second-order valence-corrected chi connectivity index (χ2v) is 8.98. The average Bonchev–Trinajstić information content (AvgIpc) is 3.09. The lowest BCUT2D eigenvalue weighted by molar-refractivity contribution is -0.121. The van der Waals surface area contributed by atoms with Crippen LogP contribution in [0.3, 0.4) is 0 Å². The summed E-state index contributed by atoms with van der Waals surface area (Å²) >= 11 is 1.53. The summed E-state index contributed by atoms with van der Waals surface area (Å²) in [6, 6.07) is 5.14. The van der Waals surface area contributed by atoms with Gasteiger partial charge in [-0.25, -0.2) is 18.1 Å². The zero-order valence-electron chi connectivity index (χ0n) is 13.6. The van der Waals surface area contributed by atoms with Gasteiger partial charge >= 0.3 is 0 Å². The molecule has 132 valence electrons. The normalized spacial score (nSPS) is 19.4. The van der Waals surface area contributed by atoms with Crippen LogP contribution in [0, 0.1) is 0 Å². The number of aromatic nitrogens is 1. The average molecular weight is 377 g/mol. The number of rotatable bonds is 3. The monoisotopic (exact) mass is 377 g/mol. The summed E-state index contributed by atoms with van der Waals surface area (Å²) in [5.41, 5.74) is 4.05. The van der Waals surface area contributed by atoms with Crippen molar-refractivity contribution >= 4 is 33.0 Å². The number of anilines is 1. The van der Waals surface area contributed by atoms with Crippen molar-refractivity contribution in [1.29, 1.82) is 0 Å². The number of aryl methyl sites for hydroxylation is 1. The molecule has 1 amide bonds.